The van der Waals surface area contributed by atoms with Gasteiger partial charge in [0.25, 0.3) is 0 Å². The third kappa shape index (κ3) is 2.17. The molecule has 1 rings (SSSR count). The van der Waals surface area contributed by atoms with Crippen molar-refractivity contribution in [3.8, 4) is 0 Å². The van der Waals surface area contributed by atoms with E-state index >= 15 is 0 Å². The van der Waals surface area contributed by atoms with Crippen molar-refractivity contribution < 1.29 is 0 Å². The molecule has 2 N–H and O–H groups in total. The highest BCUT2D eigenvalue weighted by molar-refractivity contribution is 4.77. The van der Waals surface area contributed by atoms with E-state index in [2.05, 4.69) is 18.7 Å². The van der Waals surface area contributed by atoms with Gasteiger partial charge in [0.1, 0.15) is 0 Å². The predicted molar refractivity (Wildman–Crippen MR) is 48.5 cm³/mol. The quantitative estimate of drug-likeness (QED) is 0.651. The molecule has 1 fully saturated rings. The maximum absolute atomic E-state index is 5.62. The van der Waals surface area contributed by atoms with Crippen LogP contribution >= 0.6 is 0 Å². The Bertz CT molecular complexity index is 110. The van der Waals surface area contributed by atoms with Crippen LogP contribution in [0.5, 0.6) is 0 Å². The number of rotatable bonds is 2. The summed E-state index contributed by atoms with van der Waals surface area (Å²) in [6.45, 7) is 6.58. The van der Waals surface area contributed by atoms with Crippen LogP contribution in [0.2, 0.25) is 0 Å². The zero-order chi connectivity index (χ0) is 8.27. The first-order valence-electron chi connectivity index (χ1n) is 4.71. The topological polar surface area (TPSA) is 29.3 Å². The van der Waals surface area contributed by atoms with Crippen LogP contribution in [0.4, 0.5) is 0 Å². The number of piperidine rings is 1. The summed E-state index contributed by atoms with van der Waals surface area (Å²) in [7, 11) is 0. The van der Waals surface area contributed by atoms with Gasteiger partial charge < -0.3 is 5.73 Å². The molecule has 2 nitrogen and oxygen atoms in total. The van der Waals surface area contributed by atoms with Gasteiger partial charge in [-0.15, -0.1) is 0 Å². The van der Waals surface area contributed by atoms with Gasteiger partial charge in [-0.1, -0.05) is 6.42 Å². The van der Waals surface area contributed by atoms with Crippen molar-refractivity contribution >= 4 is 0 Å². The first-order valence-corrected chi connectivity index (χ1v) is 4.71. The lowest BCUT2D eigenvalue weighted by Gasteiger charge is -2.37. The van der Waals surface area contributed by atoms with Crippen LogP contribution in [-0.4, -0.2) is 30.1 Å². The summed E-state index contributed by atoms with van der Waals surface area (Å²) in [6, 6.07) is 1.33. The van der Waals surface area contributed by atoms with Crippen LogP contribution in [0.25, 0.3) is 0 Å². The van der Waals surface area contributed by atoms with Gasteiger partial charge in [-0.05, 0) is 33.2 Å². The largest absolute Gasteiger partial charge is 0.329 e. The van der Waals surface area contributed by atoms with E-state index in [-0.39, 0.29) is 0 Å². The van der Waals surface area contributed by atoms with Crippen molar-refractivity contribution in [2.24, 2.45) is 5.73 Å². The summed E-state index contributed by atoms with van der Waals surface area (Å²) in [4.78, 5) is 2.53. The van der Waals surface area contributed by atoms with Crippen LogP contribution in [0.1, 0.15) is 33.1 Å². The first kappa shape index (κ1) is 9.01. The van der Waals surface area contributed by atoms with Crippen molar-refractivity contribution in [1.82, 2.24) is 4.90 Å². The Balaban J connectivity index is 2.40. The molecule has 0 aromatic rings. The molecule has 0 aliphatic carbocycles. The predicted octanol–water partition coefficient (Wildman–Crippen LogP) is 1.21. The third-order valence-electron chi connectivity index (χ3n) is 2.76. The molecular formula is C9H20N2. The fraction of sp³-hybridized carbons (Fsp3) is 1.00. The van der Waals surface area contributed by atoms with E-state index in [9.17, 15) is 0 Å². The summed E-state index contributed by atoms with van der Waals surface area (Å²) >= 11 is 0. The number of hydrogen-bond acceptors (Lipinski definition) is 2. The molecule has 2 unspecified atom stereocenters. The fourth-order valence-corrected chi connectivity index (χ4v) is 1.91. The van der Waals surface area contributed by atoms with Crippen LogP contribution in [0.3, 0.4) is 0 Å². The minimum Gasteiger partial charge on any atom is -0.329 e. The van der Waals surface area contributed by atoms with Gasteiger partial charge in [0.05, 0.1) is 0 Å². The Labute approximate surface area is 69.8 Å². The SMILES string of the molecule is CC(CN)N1CCCCC1C. The van der Waals surface area contributed by atoms with E-state index in [1.54, 1.807) is 0 Å². The Kier molecular flexibility index (Phi) is 3.34. The van der Waals surface area contributed by atoms with Gasteiger partial charge in [-0.2, -0.15) is 0 Å². The Morgan fingerprint density at radius 1 is 1.55 bits per heavy atom. The molecule has 66 valence electrons. The highest BCUT2D eigenvalue weighted by atomic mass is 15.2. The van der Waals surface area contributed by atoms with Gasteiger partial charge in [0.15, 0.2) is 0 Å². The van der Waals surface area contributed by atoms with Crippen molar-refractivity contribution in [3.63, 3.8) is 0 Å². The van der Waals surface area contributed by atoms with Crippen LogP contribution in [-0.2, 0) is 0 Å². The molecule has 0 saturated carbocycles. The van der Waals surface area contributed by atoms with Gasteiger partial charge >= 0.3 is 0 Å². The first-order chi connectivity index (χ1) is 5.25. The number of nitrogens with two attached hydrogens (primary N) is 1. The lowest BCUT2D eigenvalue weighted by molar-refractivity contribution is 0.118. The van der Waals surface area contributed by atoms with Crippen molar-refractivity contribution in [1.29, 1.82) is 0 Å². The third-order valence-corrected chi connectivity index (χ3v) is 2.76. The number of nitrogens with zero attached hydrogens (tertiary/aromatic N) is 1. The lowest BCUT2D eigenvalue weighted by Crippen LogP contribution is -2.46. The van der Waals surface area contributed by atoms with Crippen molar-refractivity contribution in [2.75, 3.05) is 13.1 Å². The molecule has 0 bridgehead atoms. The zero-order valence-corrected chi connectivity index (χ0v) is 7.71. The van der Waals surface area contributed by atoms with Gasteiger partial charge in [0.2, 0.25) is 0 Å². The minimum absolute atomic E-state index is 0.574. The van der Waals surface area contributed by atoms with E-state index in [1.165, 1.54) is 25.8 Å². The lowest BCUT2D eigenvalue weighted by atomic mass is 10.0. The molecule has 0 spiro atoms. The second-order valence-corrected chi connectivity index (χ2v) is 3.67. The number of likely N-dealkylation sites (tertiary alicyclic amines) is 1. The summed E-state index contributed by atoms with van der Waals surface area (Å²) in [6.07, 6.45) is 4.11. The van der Waals surface area contributed by atoms with Crippen LogP contribution < -0.4 is 5.73 Å². The summed E-state index contributed by atoms with van der Waals surface area (Å²) in [5.74, 6) is 0. The Hall–Kier alpha value is -0.0800. The fourth-order valence-electron chi connectivity index (χ4n) is 1.91. The molecule has 2 heteroatoms. The highest BCUT2D eigenvalue weighted by Crippen LogP contribution is 2.18. The second kappa shape index (κ2) is 4.07. The molecular weight excluding hydrogens is 136 g/mol. The molecule has 1 aliphatic heterocycles. The molecule has 0 amide bonds. The van der Waals surface area contributed by atoms with Crippen molar-refractivity contribution in [2.45, 2.75) is 45.2 Å². The Morgan fingerprint density at radius 2 is 2.27 bits per heavy atom. The number of hydrogen-bond donors (Lipinski definition) is 1. The van der Waals surface area contributed by atoms with Gasteiger partial charge in [-0.3, -0.25) is 4.90 Å². The molecule has 2 atom stereocenters. The van der Waals surface area contributed by atoms with Gasteiger partial charge in [0, 0.05) is 18.6 Å². The maximum Gasteiger partial charge on any atom is 0.0192 e. The van der Waals surface area contributed by atoms with E-state index in [1.807, 2.05) is 0 Å². The molecule has 0 aromatic heterocycles. The molecule has 1 aliphatic rings. The summed E-state index contributed by atoms with van der Waals surface area (Å²) < 4.78 is 0. The normalized spacial score (nSPS) is 30.3. The van der Waals surface area contributed by atoms with E-state index in [0.29, 0.717) is 6.04 Å². The second-order valence-electron chi connectivity index (χ2n) is 3.67. The molecule has 11 heavy (non-hydrogen) atoms. The highest BCUT2D eigenvalue weighted by Gasteiger charge is 2.21. The smallest absolute Gasteiger partial charge is 0.0192 e. The van der Waals surface area contributed by atoms with Crippen LogP contribution in [0, 0.1) is 0 Å². The van der Waals surface area contributed by atoms with E-state index in [4.69, 9.17) is 5.73 Å². The van der Waals surface area contributed by atoms with E-state index < -0.39 is 0 Å². The summed E-state index contributed by atoms with van der Waals surface area (Å²) in [5.41, 5.74) is 5.62. The molecule has 1 heterocycles. The molecule has 0 aromatic carbocycles. The summed E-state index contributed by atoms with van der Waals surface area (Å²) in [5, 5.41) is 0. The average molecular weight is 156 g/mol. The monoisotopic (exact) mass is 156 g/mol. The molecule has 0 radical (unpaired) electrons. The van der Waals surface area contributed by atoms with E-state index in [0.717, 1.165) is 12.6 Å². The van der Waals surface area contributed by atoms with Gasteiger partial charge in [-0.25, -0.2) is 0 Å². The van der Waals surface area contributed by atoms with Crippen LogP contribution in [0.15, 0.2) is 0 Å². The Morgan fingerprint density at radius 3 is 2.82 bits per heavy atom. The maximum atomic E-state index is 5.62. The minimum atomic E-state index is 0.574. The molecule has 1 saturated heterocycles. The zero-order valence-electron chi connectivity index (χ0n) is 7.71. The average Bonchev–Trinajstić information content (AvgIpc) is 2.04. The standard InChI is InChI=1S/C9H20N2/c1-8-5-3-4-6-11(8)9(2)7-10/h8-9H,3-7,10H2,1-2H3. The van der Waals surface area contributed by atoms with Crippen molar-refractivity contribution in [3.05, 3.63) is 0 Å².